The molecule has 2 heterocycles. The van der Waals surface area contributed by atoms with Crippen molar-refractivity contribution in [1.82, 2.24) is 10.3 Å². The lowest BCUT2D eigenvalue weighted by molar-refractivity contribution is 0.0459. The lowest BCUT2D eigenvalue weighted by atomic mass is 10.1. The second-order valence-corrected chi connectivity index (χ2v) is 6.75. The number of hydrogen-bond acceptors (Lipinski definition) is 4. The molecule has 0 radical (unpaired) electrons. The van der Waals surface area contributed by atoms with Crippen LogP contribution in [0.3, 0.4) is 0 Å². The molecule has 0 bridgehead atoms. The molecule has 118 valence electrons. The summed E-state index contributed by atoms with van der Waals surface area (Å²) in [4.78, 5) is 6.91. The zero-order valence-electron chi connectivity index (χ0n) is 13.9. The van der Waals surface area contributed by atoms with E-state index < -0.39 is 0 Å². The minimum absolute atomic E-state index is 0.119. The van der Waals surface area contributed by atoms with E-state index in [9.17, 15) is 0 Å². The first-order chi connectivity index (χ1) is 9.98. The van der Waals surface area contributed by atoms with Crippen LogP contribution in [0.2, 0.25) is 0 Å². The van der Waals surface area contributed by atoms with Crippen molar-refractivity contribution in [2.24, 2.45) is 0 Å². The third-order valence-electron chi connectivity index (χ3n) is 3.81. The van der Waals surface area contributed by atoms with Gasteiger partial charge in [-0.15, -0.1) is 0 Å². The van der Waals surface area contributed by atoms with Gasteiger partial charge in [0, 0.05) is 43.7 Å². The molecule has 0 amide bonds. The van der Waals surface area contributed by atoms with Crippen LogP contribution in [0, 0.1) is 0 Å². The molecular formula is C17H29N3O. The van der Waals surface area contributed by atoms with Crippen molar-refractivity contribution in [2.45, 2.75) is 58.7 Å². The standard InChI is InChI=1S/C17H29N3O/c1-5-21-16-7-10-20(11-8-16)15-6-9-18-14(12-15)13-19-17(2,3)4/h6,9,12,16,19H,5,7-8,10-11,13H2,1-4H3. The Hall–Kier alpha value is -1.13. The first-order valence-electron chi connectivity index (χ1n) is 8.04. The quantitative estimate of drug-likeness (QED) is 0.905. The highest BCUT2D eigenvalue weighted by Gasteiger charge is 2.19. The third kappa shape index (κ3) is 5.29. The second kappa shape index (κ2) is 7.23. The molecule has 1 aliphatic rings. The van der Waals surface area contributed by atoms with Gasteiger partial charge in [0.1, 0.15) is 0 Å². The molecular weight excluding hydrogens is 262 g/mol. The zero-order chi connectivity index (χ0) is 15.3. The third-order valence-corrected chi connectivity index (χ3v) is 3.81. The van der Waals surface area contributed by atoms with Crippen LogP contribution in [0.1, 0.15) is 46.2 Å². The molecule has 0 atom stereocenters. The average molecular weight is 291 g/mol. The van der Waals surface area contributed by atoms with E-state index >= 15 is 0 Å². The number of aromatic nitrogens is 1. The first-order valence-corrected chi connectivity index (χ1v) is 8.04. The fraction of sp³-hybridized carbons (Fsp3) is 0.706. The number of nitrogens with zero attached hydrogens (tertiary/aromatic N) is 2. The summed E-state index contributed by atoms with van der Waals surface area (Å²) >= 11 is 0. The predicted octanol–water partition coefficient (Wildman–Crippen LogP) is 2.98. The number of ether oxygens (including phenoxy) is 1. The Balaban J connectivity index is 1.92. The van der Waals surface area contributed by atoms with Crippen LogP contribution >= 0.6 is 0 Å². The van der Waals surface area contributed by atoms with Crippen LogP contribution < -0.4 is 10.2 Å². The topological polar surface area (TPSA) is 37.4 Å². The van der Waals surface area contributed by atoms with Gasteiger partial charge in [0.2, 0.25) is 0 Å². The molecule has 4 heteroatoms. The van der Waals surface area contributed by atoms with Gasteiger partial charge in [-0.25, -0.2) is 0 Å². The molecule has 0 aromatic carbocycles. The maximum absolute atomic E-state index is 5.72. The van der Waals surface area contributed by atoms with Crippen molar-refractivity contribution in [1.29, 1.82) is 0 Å². The molecule has 0 aliphatic carbocycles. The molecule has 0 unspecified atom stereocenters. The maximum atomic E-state index is 5.72. The van der Waals surface area contributed by atoms with E-state index in [0.717, 1.165) is 44.8 Å². The molecule has 1 aromatic rings. The van der Waals surface area contributed by atoms with Gasteiger partial charge in [0.05, 0.1) is 11.8 Å². The highest BCUT2D eigenvalue weighted by molar-refractivity contribution is 5.47. The summed E-state index contributed by atoms with van der Waals surface area (Å²) in [6, 6.07) is 4.32. The van der Waals surface area contributed by atoms with Crippen LogP contribution in [0.5, 0.6) is 0 Å². The molecule has 0 saturated carbocycles. The number of rotatable bonds is 5. The fourth-order valence-corrected chi connectivity index (χ4v) is 2.63. The van der Waals surface area contributed by atoms with Crippen molar-refractivity contribution >= 4 is 5.69 Å². The van der Waals surface area contributed by atoms with Crippen LogP contribution in [0.15, 0.2) is 18.3 Å². The number of nitrogens with one attached hydrogen (secondary N) is 1. The fourth-order valence-electron chi connectivity index (χ4n) is 2.63. The van der Waals surface area contributed by atoms with Gasteiger partial charge in [-0.2, -0.15) is 0 Å². The number of piperidine rings is 1. The van der Waals surface area contributed by atoms with Crippen molar-refractivity contribution in [3.05, 3.63) is 24.0 Å². The minimum Gasteiger partial charge on any atom is -0.378 e. The summed E-state index contributed by atoms with van der Waals surface area (Å²) in [6.45, 7) is 12.4. The highest BCUT2D eigenvalue weighted by Crippen LogP contribution is 2.21. The monoisotopic (exact) mass is 291 g/mol. The number of anilines is 1. The van der Waals surface area contributed by atoms with Crippen molar-refractivity contribution in [3.63, 3.8) is 0 Å². The predicted molar refractivity (Wildman–Crippen MR) is 87.7 cm³/mol. The van der Waals surface area contributed by atoms with Crippen LogP contribution in [-0.2, 0) is 11.3 Å². The Labute approximate surface area is 128 Å². The summed E-state index contributed by atoms with van der Waals surface area (Å²) < 4.78 is 5.72. The molecule has 1 fully saturated rings. The summed E-state index contributed by atoms with van der Waals surface area (Å²) in [5.41, 5.74) is 2.51. The lowest BCUT2D eigenvalue weighted by Gasteiger charge is -2.33. The highest BCUT2D eigenvalue weighted by atomic mass is 16.5. The van der Waals surface area contributed by atoms with Crippen molar-refractivity contribution in [3.8, 4) is 0 Å². The van der Waals surface area contributed by atoms with Crippen molar-refractivity contribution in [2.75, 3.05) is 24.6 Å². The Morgan fingerprint density at radius 2 is 2.05 bits per heavy atom. The van der Waals surface area contributed by atoms with E-state index in [1.165, 1.54) is 5.69 Å². The maximum Gasteiger partial charge on any atom is 0.0608 e. The number of pyridine rings is 1. The van der Waals surface area contributed by atoms with Crippen LogP contribution in [0.25, 0.3) is 0 Å². The lowest BCUT2D eigenvalue weighted by Crippen LogP contribution is -2.37. The van der Waals surface area contributed by atoms with Gasteiger partial charge in [-0.3, -0.25) is 4.98 Å². The van der Waals surface area contributed by atoms with Crippen molar-refractivity contribution < 1.29 is 4.74 Å². The minimum atomic E-state index is 0.119. The number of hydrogen-bond donors (Lipinski definition) is 1. The zero-order valence-corrected chi connectivity index (χ0v) is 13.9. The summed E-state index contributed by atoms with van der Waals surface area (Å²) in [5, 5.41) is 3.49. The van der Waals surface area contributed by atoms with E-state index in [1.54, 1.807) is 0 Å². The molecule has 1 aromatic heterocycles. The smallest absolute Gasteiger partial charge is 0.0608 e. The summed E-state index contributed by atoms with van der Waals surface area (Å²) in [6.07, 6.45) is 4.59. The SMILES string of the molecule is CCOC1CCN(c2ccnc(CNC(C)(C)C)c2)CC1. The van der Waals surface area contributed by atoms with Gasteiger partial charge < -0.3 is 15.0 Å². The van der Waals surface area contributed by atoms with Crippen LogP contribution in [0.4, 0.5) is 5.69 Å². The molecule has 1 N–H and O–H groups in total. The Morgan fingerprint density at radius 3 is 2.67 bits per heavy atom. The van der Waals surface area contributed by atoms with Gasteiger partial charge >= 0.3 is 0 Å². The van der Waals surface area contributed by atoms with E-state index in [2.05, 4.69) is 55.0 Å². The Kier molecular flexibility index (Phi) is 5.59. The molecule has 1 aliphatic heterocycles. The van der Waals surface area contributed by atoms with Crippen LogP contribution in [-0.4, -0.2) is 36.3 Å². The normalized spacial score (nSPS) is 17.2. The van der Waals surface area contributed by atoms with Gasteiger partial charge in [0.25, 0.3) is 0 Å². The summed E-state index contributed by atoms with van der Waals surface area (Å²) in [5.74, 6) is 0. The van der Waals surface area contributed by atoms with E-state index in [-0.39, 0.29) is 5.54 Å². The summed E-state index contributed by atoms with van der Waals surface area (Å²) in [7, 11) is 0. The Morgan fingerprint density at radius 1 is 1.33 bits per heavy atom. The van der Waals surface area contributed by atoms with E-state index in [4.69, 9.17) is 4.74 Å². The Bertz CT molecular complexity index is 434. The molecule has 4 nitrogen and oxygen atoms in total. The molecule has 21 heavy (non-hydrogen) atoms. The molecule has 0 spiro atoms. The second-order valence-electron chi connectivity index (χ2n) is 6.75. The van der Waals surface area contributed by atoms with E-state index in [0.29, 0.717) is 6.10 Å². The average Bonchev–Trinajstić information content (AvgIpc) is 2.46. The van der Waals surface area contributed by atoms with Gasteiger partial charge in [-0.05, 0) is 52.7 Å². The van der Waals surface area contributed by atoms with Gasteiger partial charge in [-0.1, -0.05) is 0 Å². The molecule has 2 rings (SSSR count). The van der Waals surface area contributed by atoms with E-state index in [1.807, 2.05) is 6.20 Å². The first kappa shape index (κ1) is 16.2. The molecule has 1 saturated heterocycles. The van der Waals surface area contributed by atoms with Gasteiger partial charge in [0.15, 0.2) is 0 Å². The largest absolute Gasteiger partial charge is 0.378 e.